The van der Waals surface area contributed by atoms with Crippen molar-refractivity contribution in [2.75, 3.05) is 6.61 Å². The molecule has 3 N–H and O–H groups in total. The molecule has 0 spiro atoms. The summed E-state index contributed by atoms with van der Waals surface area (Å²) in [6.45, 7) is -0.0834. The average molecular weight is 212 g/mol. The van der Waals surface area contributed by atoms with Crippen LogP contribution in [0.1, 0.15) is 11.6 Å². The largest absolute Gasteiger partial charge is 0.445 e. The first kappa shape index (κ1) is 9.52. The molecule has 74 valence electrons. The van der Waals surface area contributed by atoms with Crippen LogP contribution in [-0.2, 0) is 0 Å². The third-order valence-electron chi connectivity index (χ3n) is 2.14. The zero-order chi connectivity index (χ0) is 10.1. The van der Waals surface area contributed by atoms with Crippen molar-refractivity contribution in [1.82, 2.24) is 0 Å². The fraction of sp³-hybridized carbons (Fsp3) is 0.200. The highest BCUT2D eigenvalue weighted by atomic mass is 35.5. The van der Waals surface area contributed by atoms with Gasteiger partial charge in [0.2, 0.25) is 0 Å². The third kappa shape index (κ3) is 1.62. The van der Waals surface area contributed by atoms with Gasteiger partial charge in [-0.25, -0.2) is 0 Å². The number of furan rings is 1. The quantitative estimate of drug-likeness (QED) is 0.800. The molecule has 0 saturated heterocycles. The first-order valence-electron chi connectivity index (χ1n) is 4.26. The normalized spacial score (nSPS) is 13.4. The van der Waals surface area contributed by atoms with Crippen LogP contribution in [0.4, 0.5) is 0 Å². The van der Waals surface area contributed by atoms with Gasteiger partial charge in [0.15, 0.2) is 5.22 Å². The number of halogens is 1. The van der Waals surface area contributed by atoms with E-state index in [-0.39, 0.29) is 12.6 Å². The van der Waals surface area contributed by atoms with Gasteiger partial charge < -0.3 is 15.3 Å². The Morgan fingerprint density at radius 2 is 2.21 bits per heavy atom. The minimum absolute atomic E-state index is 0.0834. The van der Waals surface area contributed by atoms with E-state index in [0.29, 0.717) is 10.8 Å². The molecule has 2 aromatic rings. The summed E-state index contributed by atoms with van der Waals surface area (Å²) in [4.78, 5) is 0. The van der Waals surface area contributed by atoms with E-state index in [1.807, 2.05) is 12.1 Å². The number of hydrogen-bond donors (Lipinski definition) is 2. The minimum Gasteiger partial charge on any atom is -0.445 e. The number of aliphatic hydroxyl groups is 1. The van der Waals surface area contributed by atoms with E-state index in [2.05, 4.69) is 0 Å². The Bertz CT molecular complexity index is 452. The highest BCUT2D eigenvalue weighted by Crippen LogP contribution is 2.25. The topological polar surface area (TPSA) is 59.4 Å². The molecule has 14 heavy (non-hydrogen) atoms. The average Bonchev–Trinajstić information content (AvgIpc) is 2.55. The van der Waals surface area contributed by atoms with Gasteiger partial charge in [-0.3, -0.25) is 0 Å². The Hall–Kier alpha value is -1.03. The summed E-state index contributed by atoms with van der Waals surface area (Å²) in [6.07, 6.45) is 0. The molecular formula is C10H10ClNO2. The molecule has 0 fully saturated rings. The van der Waals surface area contributed by atoms with Crippen molar-refractivity contribution < 1.29 is 9.52 Å². The predicted octanol–water partition coefficient (Wildman–Crippen LogP) is 2.08. The van der Waals surface area contributed by atoms with Crippen molar-refractivity contribution >= 4 is 22.6 Å². The number of hydrogen-bond acceptors (Lipinski definition) is 3. The van der Waals surface area contributed by atoms with E-state index >= 15 is 0 Å². The molecule has 0 aliphatic heterocycles. The van der Waals surface area contributed by atoms with E-state index in [1.165, 1.54) is 0 Å². The van der Waals surface area contributed by atoms with Gasteiger partial charge in [-0.15, -0.1) is 0 Å². The Morgan fingerprint density at radius 1 is 1.43 bits per heavy atom. The fourth-order valence-corrected chi connectivity index (χ4v) is 1.55. The molecule has 0 saturated carbocycles. The Kier molecular flexibility index (Phi) is 2.46. The molecule has 1 atom stereocenters. The number of fused-ring (bicyclic) bond motifs is 1. The molecule has 3 nitrogen and oxygen atoms in total. The van der Waals surface area contributed by atoms with Crippen LogP contribution < -0.4 is 5.73 Å². The van der Waals surface area contributed by atoms with E-state index in [1.54, 1.807) is 12.1 Å². The van der Waals surface area contributed by atoms with Crippen molar-refractivity contribution in [3.05, 3.63) is 35.0 Å². The number of rotatable bonds is 2. The van der Waals surface area contributed by atoms with E-state index in [9.17, 15) is 0 Å². The zero-order valence-electron chi connectivity index (χ0n) is 7.40. The summed E-state index contributed by atoms with van der Waals surface area (Å²) in [5.41, 5.74) is 7.20. The first-order valence-corrected chi connectivity index (χ1v) is 4.64. The molecule has 1 aromatic heterocycles. The molecular weight excluding hydrogens is 202 g/mol. The summed E-state index contributed by atoms with van der Waals surface area (Å²) in [5, 5.41) is 10.2. The molecule has 0 bridgehead atoms. The highest BCUT2D eigenvalue weighted by molar-refractivity contribution is 6.29. The Morgan fingerprint density at radius 3 is 2.93 bits per heavy atom. The van der Waals surface area contributed by atoms with Crippen LogP contribution in [0.25, 0.3) is 11.0 Å². The Balaban J connectivity index is 2.50. The minimum atomic E-state index is -0.372. The maximum Gasteiger partial charge on any atom is 0.194 e. The van der Waals surface area contributed by atoms with Gasteiger partial charge in [-0.05, 0) is 23.2 Å². The summed E-state index contributed by atoms with van der Waals surface area (Å²) in [7, 11) is 0. The van der Waals surface area contributed by atoms with Crippen LogP contribution in [-0.4, -0.2) is 11.7 Å². The van der Waals surface area contributed by atoms with Crippen LogP contribution in [0, 0.1) is 0 Å². The van der Waals surface area contributed by atoms with Gasteiger partial charge in [0.05, 0.1) is 12.6 Å². The van der Waals surface area contributed by atoms with Crippen LogP contribution in [0.3, 0.4) is 0 Å². The molecule has 1 unspecified atom stereocenters. The molecule has 2 rings (SSSR count). The van der Waals surface area contributed by atoms with Crippen LogP contribution in [0.15, 0.2) is 28.7 Å². The van der Waals surface area contributed by atoms with E-state index in [0.717, 1.165) is 10.9 Å². The monoisotopic (exact) mass is 211 g/mol. The Labute approximate surface area is 86.1 Å². The van der Waals surface area contributed by atoms with Gasteiger partial charge in [0, 0.05) is 11.5 Å². The standard InChI is InChI=1S/C10H10ClNO2/c11-10-4-7-2-1-6(8(12)5-13)3-9(7)14-10/h1-4,8,13H,5,12H2. The van der Waals surface area contributed by atoms with Crippen molar-refractivity contribution in [3.63, 3.8) is 0 Å². The SMILES string of the molecule is NC(CO)c1ccc2cc(Cl)oc2c1. The second-order valence-electron chi connectivity index (χ2n) is 3.14. The molecule has 0 aliphatic rings. The number of aliphatic hydroxyl groups excluding tert-OH is 1. The van der Waals surface area contributed by atoms with E-state index in [4.69, 9.17) is 26.9 Å². The summed E-state index contributed by atoms with van der Waals surface area (Å²) >= 11 is 5.70. The number of benzene rings is 1. The third-order valence-corrected chi connectivity index (χ3v) is 2.33. The lowest BCUT2D eigenvalue weighted by molar-refractivity contribution is 0.268. The lowest BCUT2D eigenvalue weighted by Gasteiger charge is -2.07. The molecule has 0 amide bonds. The number of nitrogens with two attached hydrogens (primary N) is 1. The second kappa shape index (κ2) is 3.61. The van der Waals surface area contributed by atoms with Crippen molar-refractivity contribution in [2.24, 2.45) is 5.73 Å². The highest BCUT2D eigenvalue weighted by Gasteiger charge is 2.07. The maximum atomic E-state index is 8.88. The molecule has 0 aliphatic carbocycles. The fourth-order valence-electron chi connectivity index (χ4n) is 1.35. The summed E-state index contributed by atoms with van der Waals surface area (Å²) in [5.74, 6) is 0. The maximum absolute atomic E-state index is 8.88. The second-order valence-corrected chi connectivity index (χ2v) is 3.51. The van der Waals surface area contributed by atoms with Gasteiger partial charge in [-0.2, -0.15) is 0 Å². The predicted molar refractivity (Wildman–Crippen MR) is 55.2 cm³/mol. The summed E-state index contributed by atoms with van der Waals surface area (Å²) in [6, 6.07) is 6.89. The van der Waals surface area contributed by atoms with Crippen LogP contribution in [0.2, 0.25) is 5.22 Å². The van der Waals surface area contributed by atoms with Crippen molar-refractivity contribution in [1.29, 1.82) is 0 Å². The van der Waals surface area contributed by atoms with Crippen molar-refractivity contribution in [2.45, 2.75) is 6.04 Å². The van der Waals surface area contributed by atoms with Crippen molar-refractivity contribution in [3.8, 4) is 0 Å². The summed E-state index contributed by atoms with van der Waals surface area (Å²) < 4.78 is 5.23. The smallest absolute Gasteiger partial charge is 0.194 e. The van der Waals surface area contributed by atoms with Gasteiger partial charge in [0.1, 0.15) is 5.58 Å². The zero-order valence-corrected chi connectivity index (χ0v) is 8.16. The lowest BCUT2D eigenvalue weighted by Crippen LogP contribution is -2.13. The van der Waals surface area contributed by atoms with Crippen LogP contribution >= 0.6 is 11.6 Å². The molecule has 4 heteroatoms. The molecule has 1 heterocycles. The van der Waals surface area contributed by atoms with Crippen LogP contribution in [0.5, 0.6) is 0 Å². The van der Waals surface area contributed by atoms with Gasteiger partial charge >= 0.3 is 0 Å². The molecule has 1 aromatic carbocycles. The lowest BCUT2D eigenvalue weighted by atomic mass is 10.1. The van der Waals surface area contributed by atoms with E-state index < -0.39 is 0 Å². The molecule has 0 radical (unpaired) electrons. The van der Waals surface area contributed by atoms with Gasteiger partial charge in [0.25, 0.3) is 0 Å². The first-order chi connectivity index (χ1) is 6.70. The van der Waals surface area contributed by atoms with Gasteiger partial charge in [-0.1, -0.05) is 12.1 Å².